The zero-order valence-electron chi connectivity index (χ0n) is 16.1. The molecule has 1 aromatic carbocycles. The summed E-state index contributed by atoms with van der Waals surface area (Å²) in [5, 5.41) is 2.89. The molecule has 0 aliphatic carbocycles. The summed E-state index contributed by atoms with van der Waals surface area (Å²) in [4.78, 5) is 12.7. The third-order valence-corrected chi connectivity index (χ3v) is 5.96. The third-order valence-electron chi connectivity index (χ3n) is 4.33. The standard InChI is InChI=1S/C18H29N3O4S.ClH/c1-17(2,3)21-26(23,24)12-14-5-4-6-15(11-14)20-16(22)18(13-19)7-9-25-10-8-18;/h4-6,11,21H,7-10,12-13,19H2,1-3H3,(H,20,22);1H. The molecule has 1 heterocycles. The van der Waals surface area contributed by atoms with Crippen LogP contribution in [0.25, 0.3) is 0 Å². The van der Waals surface area contributed by atoms with Crippen molar-refractivity contribution in [3.8, 4) is 0 Å². The fourth-order valence-corrected chi connectivity index (χ4v) is 4.63. The van der Waals surface area contributed by atoms with Gasteiger partial charge in [0.25, 0.3) is 0 Å². The first-order chi connectivity index (χ1) is 12.1. The second-order valence-electron chi connectivity index (χ2n) is 7.86. The van der Waals surface area contributed by atoms with E-state index in [9.17, 15) is 13.2 Å². The third kappa shape index (κ3) is 7.04. The minimum Gasteiger partial charge on any atom is -0.381 e. The Kier molecular flexibility index (Phi) is 8.25. The van der Waals surface area contributed by atoms with Crippen LogP contribution in [0.5, 0.6) is 0 Å². The van der Waals surface area contributed by atoms with Gasteiger partial charge in [-0.15, -0.1) is 12.4 Å². The van der Waals surface area contributed by atoms with E-state index in [1.807, 2.05) is 0 Å². The number of hydrogen-bond acceptors (Lipinski definition) is 5. The van der Waals surface area contributed by atoms with Crippen molar-refractivity contribution in [1.82, 2.24) is 4.72 Å². The Morgan fingerprint density at radius 2 is 1.89 bits per heavy atom. The van der Waals surface area contributed by atoms with Crippen LogP contribution < -0.4 is 15.8 Å². The predicted octanol–water partition coefficient (Wildman–Crippen LogP) is 2.02. The smallest absolute Gasteiger partial charge is 0.232 e. The van der Waals surface area contributed by atoms with Gasteiger partial charge < -0.3 is 15.8 Å². The topological polar surface area (TPSA) is 111 Å². The lowest BCUT2D eigenvalue weighted by Gasteiger charge is -2.34. The van der Waals surface area contributed by atoms with Gasteiger partial charge in [-0.2, -0.15) is 0 Å². The largest absolute Gasteiger partial charge is 0.381 e. The molecule has 0 radical (unpaired) electrons. The van der Waals surface area contributed by atoms with Crippen molar-refractivity contribution in [2.24, 2.45) is 11.1 Å². The summed E-state index contributed by atoms with van der Waals surface area (Å²) < 4.78 is 32.5. The Bertz CT molecular complexity index is 741. The zero-order valence-corrected chi connectivity index (χ0v) is 17.7. The quantitative estimate of drug-likeness (QED) is 0.653. The Morgan fingerprint density at radius 3 is 2.44 bits per heavy atom. The first kappa shape index (κ1) is 23.8. The number of nitrogens with two attached hydrogens (primary N) is 1. The molecule has 1 aromatic rings. The molecule has 0 atom stereocenters. The van der Waals surface area contributed by atoms with E-state index in [2.05, 4.69) is 10.0 Å². The molecule has 2 rings (SSSR count). The summed E-state index contributed by atoms with van der Waals surface area (Å²) in [6, 6.07) is 6.89. The monoisotopic (exact) mass is 419 g/mol. The molecule has 0 unspecified atom stereocenters. The van der Waals surface area contributed by atoms with Crippen molar-refractivity contribution < 1.29 is 17.9 Å². The summed E-state index contributed by atoms with van der Waals surface area (Å²) in [5.41, 5.74) is 5.86. The molecule has 1 aliphatic heterocycles. The molecule has 4 N–H and O–H groups in total. The zero-order chi connectivity index (χ0) is 19.4. The number of carbonyl (C=O) groups excluding carboxylic acids is 1. The molecule has 154 valence electrons. The first-order valence-corrected chi connectivity index (χ1v) is 10.4. The fourth-order valence-electron chi connectivity index (χ4n) is 3.01. The molecule has 0 bridgehead atoms. The summed E-state index contributed by atoms with van der Waals surface area (Å²) in [7, 11) is -3.47. The van der Waals surface area contributed by atoms with Gasteiger partial charge in [0.05, 0.1) is 11.2 Å². The van der Waals surface area contributed by atoms with Gasteiger partial charge in [0.1, 0.15) is 0 Å². The number of nitrogens with one attached hydrogen (secondary N) is 2. The SMILES string of the molecule is CC(C)(C)NS(=O)(=O)Cc1cccc(NC(=O)C2(CN)CCOCC2)c1.Cl. The van der Waals surface area contributed by atoms with E-state index in [1.165, 1.54) is 0 Å². The highest BCUT2D eigenvalue weighted by atomic mass is 35.5. The highest BCUT2D eigenvalue weighted by molar-refractivity contribution is 7.88. The molecule has 1 fully saturated rings. The Labute approximate surface area is 167 Å². The van der Waals surface area contributed by atoms with Crippen LogP contribution in [0.4, 0.5) is 5.69 Å². The predicted molar refractivity (Wildman–Crippen MR) is 109 cm³/mol. The summed E-state index contributed by atoms with van der Waals surface area (Å²) in [6.45, 7) is 6.67. The van der Waals surface area contributed by atoms with Crippen LogP contribution in [0, 0.1) is 5.41 Å². The Balaban J connectivity index is 0.00000364. The first-order valence-electron chi connectivity index (χ1n) is 8.75. The molecular formula is C18H30ClN3O4S. The molecular weight excluding hydrogens is 390 g/mol. The summed E-state index contributed by atoms with van der Waals surface area (Å²) in [5.74, 6) is -0.291. The number of sulfonamides is 1. The van der Waals surface area contributed by atoms with Crippen LogP contribution in [0.1, 0.15) is 39.2 Å². The Hall–Kier alpha value is -1.19. The van der Waals surface area contributed by atoms with Crippen LogP contribution in [-0.2, 0) is 25.3 Å². The van der Waals surface area contributed by atoms with Crippen molar-refractivity contribution in [3.05, 3.63) is 29.8 Å². The maximum atomic E-state index is 12.7. The summed E-state index contributed by atoms with van der Waals surface area (Å²) >= 11 is 0. The van der Waals surface area contributed by atoms with E-state index < -0.39 is 21.0 Å². The van der Waals surface area contributed by atoms with Crippen LogP contribution in [0.2, 0.25) is 0 Å². The second-order valence-corrected chi connectivity index (χ2v) is 9.58. The van der Waals surface area contributed by atoms with Crippen molar-refractivity contribution in [3.63, 3.8) is 0 Å². The molecule has 9 heteroatoms. The molecule has 0 aromatic heterocycles. The average Bonchev–Trinajstić information content (AvgIpc) is 2.53. The normalized spacial score (nSPS) is 17.0. The second kappa shape index (κ2) is 9.34. The van der Waals surface area contributed by atoms with Gasteiger partial charge in [0.2, 0.25) is 15.9 Å². The fraction of sp³-hybridized carbons (Fsp3) is 0.611. The lowest BCUT2D eigenvalue weighted by atomic mass is 9.79. The number of rotatable bonds is 6. The number of carbonyl (C=O) groups is 1. The van der Waals surface area contributed by atoms with E-state index >= 15 is 0 Å². The number of benzene rings is 1. The molecule has 1 amide bonds. The van der Waals surface area contributed by atoms with Gasteiger partial charge in [-0.1, -0.05) is 12.1 Å². The number of ether oxygens (including phenoxy) is 1. The lowest BCUT2D eigenvalue weighted by molar-refractivity contribution is -0.130. The van der Waals surface area contributed by atoms with Crippen LogP contribution in [0.15, 0.2) is 24.3 Å². The maximum absolute atomic E-state index is 12.7. The molecule has 0 spiro atoms. The highest BCUT2D eigenvalue weighted by Crippen LogP contribution is 2.31. The number of halogens is 1. The van der Waals surface area contributed by atoms with Crippen LogP contribution >= 0.6 is 12.4 Å². The minimum atomic E-state index is -3.47. The summed E-state index contributed by atoms with van der Waals surface area (Å²) in [6.07, 6.45) is 1.16. The van der Waals surface area contributed by atoms with Crippen LogP contribution in [0.3, 0.4) is 0 Å². The molecule has 1 saturated heterocycles. The van der Waals surface area contributed by atoms with Crippen molar-refractivity contribution in [1.29, 1.82) is 0 Å². The molecule has 7 nitrogen and oxygen atoms in total. The lowest BCUT2D eigenvalue weighted by Crippen LogP contribution is -2.46. The van der Waals surface area contributed by atoms with Gasteiger partial charge in [0, 0.05) is 31.0 Å². The van der Waals surface area contributed by atoms with Gasteiger partial charge in [0.15, 0.2) is 0 Å². The van der Waals surface area contributed by atoms with E-state index in [0.29, 0.717) is 37.3 Å². The van der Waals surface area contributed by atoms with Gasteiger partial charge >= 0.3 is 0 Å². The van der Waals surface area contributed by atoms with Crippen molar-refractivity contribution >= 4 is 34.0 Å². The van der Waals surface area contributed by atoms with Crippen molar-refractivity contribution in [2.45, 2.75) is 44.9 Å². The minimum absolute atomic E-state index is 0. The van der Waals surface area contributed by atoms with E-state index in [0.717, 1.165) is 0 Å². The van der Waals surface area contributed by atoms with Crippen molar-refractivity contribution in [2.75, 3.05) is 25.1 Å². The number of anilines is 1. The van der Waals surface area contributed by atoms with Gasteiger partial charge in [-0.3, -0.25) is 4.79 Å². The molecule has 1 aliphatic rings. The molecule has 27 heavy (non-hydrogen) atoms. The van der Waals surface area contributed by atoms with Gasteiger partial charge in [-0.25, -0.2) is 13.1 Å². The van der Waals surface area contributed by atoms with Gasteiger partial charge in [-0.05, 0) is 51.3 Å². The van der Waals surface area contributed by atoms with E-state index in [1.54, 1.807) is 45.0 Å². The van der Waals surface area contributed by atoms with E-state index in [4.69, 9.17) is 10.5 Å². The number of hydrogen-bond donors (Lipinski definition) is 3. The maximum Gasteiger partial charge on any atom is 0.232 e. The number of amides is 1. The van der Waals surface area contributed by atoms with E-state index in [-0.39, 0.29) is 30.6 Å². The Morgan fingerprint density at radius 1 is 1.26 bits per heavy atom. The highest BCUT2D eigenvalue weighted by Gasteiger charge is 2.38. The molecule has 0 saturated carbocycles. The van der Waals surface area contributed by atoms with Crippen LogP contribution in [-0.4, -0.2) is 39.6 Å². The average molecular weight is 420 g/mol.